The van der Waals surface area contributed by atoms with Crippen molar-refractivity contribution in [2.75, 3.05) is 0 Å². The summed E-state index contributed by atoms with van der Waals surface area (Å²) in [6.45, 7) is 0. The lowest BCUT2D eigenvalue weighted by molar-refractivity contribution is 0.0936. The standard InChI is InChI=1S/C18H25N3O4S/c22-17(15-9-11-3-1-2-4-16(11)20-18(15)23)19-12-5-6-13(10-12)21-26(24,25)14-7-8-14/h9,12-14,21H,1-8,10H2,(H,19,22)(H,20,23)/t12-,13+/m0/s1. The molecule has 142 valence electrons. The van der Waals surface area contributed by atoms with Gasteiger partial charge in [-0.15, -0.1) is 0 Å². The molecule has 2 atom stereocenters. The number of hydrogen-bond donors (Lipinski definition) is 3. The summed E-state index contributed by atoms with van der Waals surface area (Å²) in [5, 5.41) is 2.68. The van der Waals surface area contributed by atoms with Crippen LogP contribution in [0.25, 0.3) is 0 Å². The van der Waals surface area contributed by atoms with E-state index in [-0.39, 0.29) is 34.4 Å². The van der Waals surface area contributed by atoms with E-state index in [2.05, 4.69) is 15.0 Å². The molecule has 2 fully saturated rings. The van der Waals surface area contributed by atoms with E-state index in [1.54, 1.807) is 6.07 Å². The lowest BCUT2D eigenvalue weighted by Crippen LogP contribution is -2.39. The van der Waals surface area contributed by atoms with Gasteiger partial charge in [-0.25, -0.2) is 13.1 Å². The molecule has 8 heteroatoms. The largest absolute Gasteiger partial charge is 0.349 e. The second kappa shape index (κ2) is 6.81. The van der Waals surface area contributed by atoms with Crippen LogP contribution in [0.2, 0.25) is 0 Å². The summed E-state index contributed by atoms with van der Waals surface area (Å²) in [6, 6.07) is 1.49. The molecular formula is C18H25N3O4S. The van der Waals surface area contributed by atoms with E-state index in [4.69, 9.17) is 0 Å². The first-order chi connectivity index (χ1) is 12.4. The zero-order valence-electron chi connectivity index (χ0n) is 14.7. The number of amides is 1. The van der Waals surface area contributed by atoms with Crippen LogP contribution in [-0.4, -0.2) is 36.6 Å². The highest BCUT2D eigenvalue weighted by Crippen LogP contribution is 2.29. The molecule has 1 amide bonds. The highest BCUT2D eigenvalue weighted by molar-refractivity contribution is 7.90. The number of aromatic nitrogens is 1. The molecule has 0 bridgehead atoms. The molecule has 7 nitrogen and oxygen atoms in total. The summed E-state index contributed by atoms with van der Waals surface area (Å²) >= 11 is 0. The minimum absolute atomic E-state index is 0.107. The van der Waals surface area contributed by atoms with Crippen LogP contribution < -0.4 is 15.6 Å². The van der Waals surface area contributed by atoms with E-state index in [0.29, 0.717) is 19.3 Å². The summed E-state index contributed by atoms with van der Waals surface area (Å²) in [5.41, 5.74) is 1.83. The van der Waals surface area contributed by atoms with Gasteiger partial charge in [0.15, 0.2) is 0 Å². The van der Waals surface area contributed by atoms with Crippen LogP contribution in [0.5, 0.6) is 0 Å². The Bertz CT molecular complexity index is 873. The van der Waals surface area contributed by atoms with E-state index in [1.165, 1.54) is 0 Å². The van der Waals surface area contributed by atoms with E-state index >= 15 is 0 Å². The molecule has 3 aliphatic carbocycles. The first-order valence-corrected chi connectivity index (χ1v) is 11.0. The third-order valence-electron chi connectivity index (χ3n) is 5.64. The Balaban J connectivity index is 1.39. The third-order valence-corrected chi connectivity index (χ3v) is 7.66. The van der Waals surface area contributed by atoms with Crippen molar-refractivity contribution in [3.8, 4) is 0 Å². The van der Waals surface area contributed by atoms with Gasteiger partial charge in [0.1, 0.15) is 5.56 Å². The zero-order valence-corrected chi connectivity index (χ0v) is 15.5. The number of hydrogen-bond acceptors (Lipinski definition) is 4. The second-order valence-corrected chi connectivity index (χ2v) is 9.76. The molecule has 26 heavy (non-hydrogen) atoms. The van der Waals surface area contributed by atoms with Crippen molar-refractivity contribution >= 4 is 15.9 Å². The predicted molar refractivity (Wildman–Crippen MR) is 97.7 cm³/mol. The van der Waals surface area contributed by atoms with Gasteiger partial charge in [-0.2, -0.15) is 0 Å². The van der Waals surface area contributed by atoms with Gasteiger partial charge in [0.25, 0.3) is 11.5 Å². The van der Waals surface area contributed by atoms with Crippen LogP contribution in [-0.2, 0) is 22.9 Å². The molecule has 1 heterocycles. The summed E-state index contributed by atoms with van der Waals surface area (Å²) in [7, 11) is -3.21. The Hall–Kier alpha value is -1.67. The molecule has 4 rings (SSSR count). The summed E-state index contributed by atoms with van der Waals surface area (Å²) in [4.78, 5) is 27.6. The molecule has 0 radical (unpaired) electrons. The summed E-state index contributed by atoms with van der Waals surface area (Å²) in [5.74, 6) is -0.365. The number of H-pyrrole nitrogens is 1. The average Bonchev–Trinajstić information content (AvgIpc) is 3.38. The molecule has 0 spiro atoms. The Morgan fingerprint density at radius 3 is 2.58 bits per heavy atom. The summed E-state index contributed by atoms with van der Waals surface area (Å²) in [6.07, 6.45) is 7.36. The van der Waals surface area contributed by atoms with Gasteiger partial charge in [-0.1, -0.05) is 0 Å². The van der Waals surface area contributed by atoms with Crippen LogP contribution in [0, 0.1) is 0 Å². The highest BCUT2D eigenvalue weighted by atomic mass is 32.2. The fourth-order valence-electron chi connectivity index (χ4n) is 4.03. The van der Waals surface area contributed by atoms with Gasteiger partial charge < -0.3 is 10.3 Å². The van der Waals surface area contributed by atoms with E-state index < -0.39 is 10.0 Å². The normalized spacial score (nSPS) is 25.7. The van der Waals surface area contributed by atoms with Gasteiger partial charge in [-0.05, 0) is 69.4 Å². The smallest absolute Gasteiger partial charge is 0.261 e. The molecule has 0 saturated heterocycles. The number of pyridine rings is 1. The van der Waals surface area contributed by atoms with Gasteiger partial charge in [0, 0.05) is 17.8 Å². The third kappa shape index (κ3) is 3.71. The fraction of sp³-hybridized carbons (Fsp3) is 0.667. The van der Waals surface area contributed by atoms with Gasteiger partial charge in [0.2, 0.25) is 10.0 Å². The van der Waals surface area contributed by atoms with E-state index in [0.717, 1.165) is 49.8 Å². The minimum atomic E-state index is -3.21. The number of rotatable bonds is 5. The molecule has 3 aliphatic rings. The highest BCUT2D eigenvalue weighted by Gasteiger charge is 2.38. The number of carbonyl (C=O) groups is 1. The molecule has 2 saturated carbocycles. The Morgan fingerprint density at radius 1 is 1.08 bits per heavy atom. The zero-order chi connectivity index (χ0) is 18.3. The van der Waals surface area contributed by atoms with Crippen LogP contribution in [0.3, 0.4) is 0 Å². The Labute approximate surface area is 153 Å². The van der Waals surface area contributed by atoms with Crippen LogP contribution in [0.4, 0.5) is 0 Å². The van der Waals surface area contributed by atoms with Crippen molar-refractivity contribution in [1.82, 2.24) is 15.0 Å². The molecule has 1 aromatic heterocycles. The lowest BCUT2D eigenvalue weighted by atomic mass is 9.95. The Morgan fingerprint density at radius 2 is 1.81 bits per heavy atom. The number of fused-ring (bicyclic) bond motifs is 1. The number of aryl methyl sites for hydroxylation is 2. The van der Waals surface area contributed by atoms with Crippen molar-refractivity contribution in [2.45, 2.75) is 75.1 Å². The minimum Gasteiger partial charge on any atom is -0.349 e. The lowest BCUT2D eigenvalue weighted by Gasteiger charge is -2.17. The monoisotopic (exact) mass is 379 g/mol. The number of carbonyl (C=O) groups excluding carboxylic acids is 1. The van der Waals surface area contributed by atoms with Gasteiger partial charge in [0.05, 0.1) is 5.25 Å². The quantitative estimate of drug-likeness (QED) is 0.709. The van der Waals surface area contributed by atoms with Crippen LogP contribution in [0.1, 0.15) is 66.6 Å². The van der Waals surface area contributed by atoms with Crippen molar-refractivity contribution in [1.29, 1.82) is 0 Å². The summed E-state index contributed by atoms with van der Waals surface area (Å²) < 4.78 is 26.8. The van der Waals surface area contributed by atoms with Crippen molar-refractivity contribution in [3.63, 3.8) is 0 Å². The number of sulfonamides is 1. The van der Waals surface area contributed by atoms with Crippen molar-refractivity contribution in [3.05, 3.63) is 33.2 Å². The first kappa shape index (κ1) is 17.7. The average molecular weight is 379 g/mol. The molecular weight excluding hydrogens is 354 g/mol. The SMILES string of the molecule is O=C(N[C@H]1CC[C@@H](NS(=O)(=O)C2CC2)C1)c1cc2c([nH]c1=O)CCCC2. The molecule has 1 aromatic rings. The van der Waals surface area contributed by atoms with Gasteiger partial charge in [-0.3, -0.25) is 9.59 Å². The molecule has 3 N–H and O–H groups in total. The first-order valence-electron chi connectivity index (χ1n) is 9.49. The Kier molecular flexibility index (Phi) is 4.64. The van der Waals surface area contributed by atoms with Gasteiger partial charge >= 0.3 is 0 Å². The molecule has 0 unspecified atom stereocenters. The second-order valence-electron chi connectivity index (χ2n) is 7.77. The van der Waals surface area contributed by atoms with Crippen LogP contribution >= 0.6 is 0 Å². The topological polar surface area (TPSA) is 108 Å². The maximum Gasteiger partial charge on any atom is 0.261 e. The molecule has 0 aromatic carbocycles. The molecule has 0 aliphatic heterocycles. The van der Waals surface area contributed by atoms with Crippen LogP contribution in [0.15, 0.2) is 10.9 Å². The number of aromatic amines is 1. The van der Waals surface area contributed by atoms with E-state index in [1.807, 2.05) is 0 Å². The predicted octanol–water partition coefficient (Wildman–Crippen LogP) is 0.986. The van der Waals surface area contributed by atoms with Crippen molar-refractivity contribution < 1.29 is 13.2 Å². The fourth-order valence-corrected chi connectivity index (χ4v) is 5.66. The maximum atomic E-state index is 12.5. The van der Waals surface area contributed by atoms with E-state index in [9.17, 15) is 18.0 Å². The van der Waals surface area contributed by atoms with Crippen molar-refractivity contribution in [2.24, 2.45) is 0 Å². The maximum absolute atomic E-state index is 12.5. The number of nitrogens with one attached hydrogen (secondary N) is 3.